The SMILES string of the molecule is CC1CC(NC(=O)OC(C)(C)C)CN(c2ccnc(F)c2[N+](=O)[O-])C1. The Hall–Kier alpha value is -2.45. The first-order chi connectivity index (χ1) is 11.6. The van der Waals surface area contributed by atoms with Gasteiger partial charge in [-0.15, -0.1) is 0 Å². The number of halogens is 1. The highest BCUT2D eigenvalue weighted by Crippen LogP contribution is 2.32. The summed E-state index contributed by atoms with van der Waals surface area (Å²) in [5, 5.41) is 14.0. The van der Waals surface area contributed by atoms with Crippen molar-refractivity contribution in [2.45, 2.75) is 45.8 Å². The van der Waals surface area contributed by atoms with E-state index in [2.05, 4.69) is 10.3 Å². The van der Waals surface area contributed by atoms with Crippen LogP contribution in [-0.2, 0) is 4.74 Å². The fourth-order valence-electron chi connectivity index (χ4n) is 2.97. The molecular formula is C16H23FN4O4. The summed E-state index contributed by atoms with van der Waals surface area (Å²) in [6, 6.07) is 1.17. The molecule has 2 unspecified atom stereocenters. The molecule has 138 valence electrons. The molecule has 1 aliphatic rings. The fraction of sp³-hybridized carbons (Fsp3) is 0.625. The van der Waals surface area contributed by atoms with Crippen LogP contribution in [0.15, 0.2) is 12.3 Å². The molecule has 1 aromatic rings. The summed E-state index contributed by atoms with van der Waals surface area (Å²) in [6.45, 7) is 8.13. The van der Waals surface area contributed by atoms with Crippen LogP contribution in [0, 0.1) is 22.0 Å². The van der Waals surface area contributed by atoms with Crippen molar-refractivity contribution in [2.24, 2.45) is 5.92 Å². The van der Waals surface area contributed by atoms with Gasteiger partial charge in [-0.1, -0.05) is 6.92 Å². The first kappa shape index (κ1) is 18.9. The Morgan fingerprint density at radius 2 is 2.16 bits per heavy atom. The number of aromatic nitrogens is 1. The fourth-order valence-corrected chi connectivity index (χ4v) is 2.97. The van der Waals surface area contributed by atoms with Gasteiger partial charge in [0.25, 0.3) is 5.95 Å². The lowest BCUT2D eigenvalue weighted by molar-refractivity contribution is -0.387. The first-order valence-electron chi connectivity index (χ1n) is 8.10. The van der Waals surface area contributed by atoms with Crippen LogP contribution in [0.25, 0.3) is 0 Å². The number of rotatable bonds is 3. The number of nitrogens with zero attached hydrogens (tertiary/aromatic N) is 3. The van der Waals surface area contributed by atoms with Crippen molar-refractivity contribution >= 4 is 17.5 Å². The van der Waals surface area contributed by atoms with Crippen LogP contribution in [0.2, 0.25) is 0 Å². The Morgan fingerprint density at radius 3 is 2.76 bits per heavy atom. The number of nitro groups is 1. The van der Waals surface area contributed by atoms with Crippen LogP contribution in [0.3, 0.4) is 0 Å². The topological polar surface area (TPSA) is 97.6 Å². The zero-order valence-corrected chi connectivity index (χ0v) is 14.8. The zero-order valence-electron chi connectivity index (χ0n) is 14.8. The summed E-state index contributed by atoms with van der Waals surface area (Å²) in [6.07, 6.45) is 1.37. The van der Waals surface area contributed by atoms with E-state index in [1.807, 2.05) is 6.92 Å². The molecule has 0 saturated carbocycles. The van der Waals surface area contributed by atoms with Crippen molar-refractivity contribution in [3.63, 3.8) is 0 Å². The Morgan fingerprint density at radius 1 is 1.48 bits per heavy atom. The van der Waals surface area contributed by atoms with E-state index < -0.39 is 28.3 Å². The lowest BCUT2D eigenvalue weighted by Gasteiger charge is -2.38. The molecule has 9 heteroatoms. The van der Waals surface area contributed by atoms with Crippen molar-refractivity contribution in [3.05, 3.63) is 28.3 Å². The highest BCUT2D eigenvalue weighted by atomic mass is 19.1. The maximum absolute atomic E-state index is 13.8. The largest absolute Gasteiger partial charge is 0.444 e. The molecule has 1 amide bonds. The molecule has 0 aliphatic carbocycles. The third kappa shape index (κ3) is 5.01. The molecule has 0 spiro atoms. The number of amides is 1. The van der Waals surface area contributed by atoms with Crippen LogP contribution in [0.5, 0.6) is 0 Å². The minimum Gasteiger partial charge on any atom is -0.444 e. The second kappa shape index (κ2) is 7.20. The molecule has 2 rings (SSSR count). The second-order valence-electron chi connectivity index (χ2n) is 7.32. The van der Waals surface area contributed by atoms with Crippen LogP contribution >= 0.6 is 0 Å². The number of hydrogen-bond acceptors (Lipinski definition) is 6. The third-order valence-electron chi connectivity index (χ3n) is 3.76. The Balaban J connectivity index is 2.17. The van der Waals surface area contributed by atoms with E-state index in [0.717, 1.165) is 0 Å². The molecule has 1 aromatic heterocycles. The number of carbonyl (C=O) groups excluding carboxylic acids is 1. The minimum atomic E-state index is -1.11. The predicted molar refractivity (Wildman–Crippen MR) is 90.0 cm³/mol. The number of carbonyl (C=O) groups is 1. The zero-order chi connectivity index (χ0) is 18.8. The van der Waals surface area contributed by atoms with Gasteiger partial charge in [0.1, 0.15) is 11.3 Å². The number of ether oxygens (including phenoxy) is 1. The molecule has 2 heterocycles. The van der Waals surface area contributed by atoms with Crippen LogP contribution in [0.1, 0.15) is 34.1 Å². The average molecular weight is 354 g/mol. The van der Waals surface area contributed by atoms with E-state index in [1.54, 1.807) is 25.7 Å². The Labute approximate surface area is 145 Å². The van der Waals surface area contributed by atoms with Crippen molar-refractivity contribution in [2.75, 3.05) is 18.0 Å². The Bertz CT molecular complexity index is 662. The molecule has 1 N–H and O–H groups in total. The van der Waals surface area contributed by atoms with Gasteiger partial charge < -0.3 is 15.0 Å². The highest BCUT2D eigenvalue weighted by Gasteiger charge is 2.32. The number of anilines is 1. The summed E-state index contributed by atoms with van der Waals surface area (Å²) in [5.74, 6) is -0.957. The highest BCUT2D eigenvalue weighted by molar-refractivity contribution is 5.68. The predicted octanol–water partition coefficient (Wildman–Crippen LogP) is 2.87. The molecule has 8 nitrogen and oxygen atoms in total. The van der Waals surface area contributed by atoms with Crippen molar-refractivity contribution in [1.82, 2.24) is 10.3 Å². The molecule has 2 atom stereocenters. The number of pyridine rings is 1. The van der Waals surface area contributed by atoms with Crippen LogP contribution < -0.4 is 10.2 Å². The van der Waals surface area contributed by atoms with E-state index in [4.69, 9.17) is 4.74 Å². The molecule has 0 bridgehead atoms. The molecule has 1 fully saturated rings. The van der Waals surface area contributed by atoms with Gasteiger partial charge >= 0.3 is 11.8 Å². The summed E-state index contributed by atoms with van der Waals surface area (Å²) in [5.41, 5.74) is -1.09. The quantitative estimate of drug-likeness (QED) is 0.509. The van der Waals surface area contributed by atoms with E-state index in [-0.39, 0.29) is 17.6 Å². The van der Waals surface area contributed by atoms with E-state index >= 15 is 0 Å². The molecule has 0 aromatic carbocycles. The molecule has 25 heavy (non-hydrogen) atoms. The van der Waals surface area contributed by atoms with Gasteiger partial charge in [-0.2, -0.15) is 4.39 Å². The Kier molecular flexibility index (Phi) is 5.44. The molecule has 1 aliphatic heterocycles. The number of hydrogen-bond donors (Lipinski definition) is 1. The van der Waals surface area contributed by atoms with E-state index in [0.29, 0.717) is 19.5 Å². The molecular weight excluding hydrogens is 331 g/mol. The van der Waals surface area contributed by atoms with Crippen molar-refractivity contribution < 1.29 is 18.8 Å². The average Bonchev–Trinajstić information content (AvgIpc) is 2.43. The lowest BCUT2D eigenvalue weighted by Crippen LogP contribution is -2.51. The monoisotopic (exact) mass is 354 g/mol. The maximum atomic E-state index is 13.8. The summed E-state index contributed by atoms with van der Waals surface area (Å²) in [4.78, 5) is 27.5. The normalized spacial score (nSPS) is 20.9. The van der Waals surface area contributed by atoms with Gasteiger partial charge in [0.05, 0.1) is 4.92 Å². The maximum Gasteiger partial charge on any atom is 0.407 e. The van der Waals surface area contributed by atoms with Gasteiger partial charge in [-0.05, 0) is 39.2 Å². The number of nitrogens with one attached hydrogen (secondary N) is 1. The summed E-state index contributed by atoms with van der Waals surface area (Å²) < 4.78 is 19.0. The minimum absolute atomic E-state index is 0.157. The standard InChI is InChI=1S/C16H23FN4O4/c1-10-7-11(19-15(22)25-16(2,3)4)9-20(8-10)12-5-6-18-14(17)13(12)21(23)24/h5-6,10-11H,7-9H2,1-4H3,(H,19,22). The van der Waals surface area contributed by atoms with Crippen molar-refractivity contribution in [3.8, 4) is 0 Å². The van der Waals surface area contributed by atoms with Crippen LogP contribution in [0.4, 0.5) is 20.6 Å². The second-order valence-corrected chi connectivity index (χ2v) is 7.32. The smallest absolute Gasteiger partial charge is 0.407 e. The summed E-state index contributed by atoms with van der Waals surface area (Å²) >= 11 is 0. The third-order valence-corrected chi connectivity index (χ3v) is 3.76. The molecule has 0 radical (unpaired) electrons. The number of alkyl carbamates (subject to hydrolysis) is 1. The van der Waals surface area contributed by atoms with Gasteiger partial charge in [0.15, 0.2) is 0 Å². The van der Waals surface area contributed by atoms with Gasteiger partial charge in [-0.3, -0.25) is 10.1 Å². The van der Waals surface area contributed by atoms with Crippen molar-refractivity contribution in [1.29, 1.82) is 0 Å². The van der Waals surface area contributed by atoms with Crippen LogP contribution in [-0.4, -0.2) is 40.7 Å². The first-order valence-corrected chi connectivity index (χ1v) is 8.10. The van der Waals surface area contributed by atoms with Gasteiger partial charge in [0.2, 0.25) is 0 Å². The van der Waals surface area contributed by atoms with Gasteiger partial charge in [0, 0.05) is 25.3 Å². The lowest BCUT2D eigenvalue weighted by atomic mass is 9.95. The van der Waals surface area contributed by atoms with E-state index in [1.165, 1.54) is 12.3 Å². The number of piperidine rings is 1. The molecule has 1 saturated heterocycles. The van der Waals surface area contributed by atoms with E-state index in [9.17, 15) is 19.3 Å². The van der Waals surface area contributed by atoms with Gasteiger partial charge in [-0.25, -0.2) is 9.78 Å². The summed E-state index contributed by atoms with van der Waals surface area (Å²) in [7, 11) is 0.